The Labute approximate surface area is 107 Å². The summed E-state index contributed by atoms with van der Waals surface area (Å²) in [4.78, 5) is 2.65. The van der Waals surface area contributed by atoms with Crippen LogP contribution in [0.3, 0.4) is 0 Å². The number of aliphatic hydroxyl groups excluding tert-OH is 1. The van der Waals surface area contributed by atoms with Crippen LogP contribution in [-0.4, -0.2) is 29.3 Å². The zero-order valence-corrected chi connectivity index (χ0v) is 10.6. The molecule has 0 heterocycles. The van der Waals surface area contributed by atoms with E-state index in [-0.39, 0.29) is 6.61 Å². The predicted molar refractivity (Wildman–Crippen MR) is 74.4 cm³/mol. The van der Waals surface area contributed by atoms with E-state index >= 15 is 0 Å². The lowest BCUT2D eigenvalue weighted by atomic mass is 9.90. The normalized spacial score (nSPS) is 15.4. The molecule has 0 aromatic heterocycles. The van der Waals surface area contributed by atoms with E-state index in [1.807, 2.05) is 24.3 Å². The lowest BCUT2D eigenvalue weighted by Gasteiger charge is -2.39. The maximum atomic E-state index is 9.19. The summed E-state index contributed by atoms with van der Waals surface area (Å²) in [5.41, 5.74) is 7.71. The van der Waals surface area contributed by atoms with Crippen LogP contribution < -0.4 is 10.6 Å². The Balaban J connectivity index is 2.30. The predicted octanol–water partition coefficient (Wildman–Crippen LogP) is 1.67. The Kier molecular flexibility index (Phi) is 3.97. The molecule has 2 rings (SSSR count). The first-order chi connectivity index (χ1) is 8.24. The summed E-state index contributed by atoms with van der Waals surface area (Å²) in [6.45, 7) is 0.798. The van der Waals surface area contributed by atoms with Gasteiger partial charge in [0.25, 0.3) is 0 Å². The second-order valence-corrected chi connectivity index (χ2v) is 4.82. The van der Waals surface area contributed by atoms with Crippen LogP contribution >= 0.6 is 12.2 Å². The van der Waals surface area contributed by atoms with Crippen LogP contribution in [0.2, 0.25) is 0 Å². The minimum Gasteiger partial charge on any atom is -0.395 e. The number of para-hydroxylation sites is 1. The molecule has 0 spiro atoms. The van der Waals surface area contributed by atoms with E-state index in [1.54, 1.807) is 0 Å². The number of hydrogen-bond acceptors (Lipinski definition) is 3. The molecule has 1 aromatic carbocycles. The first-order valence-electron chi connectivity index (χ1n) is 6.00. The molecule has 0 unspecified atom stereocenters. The van der Waals surface area contributed by atoms with Crippen molar-refractivity contribution >= 4 is 22.9 Å². The van der Waals surface area contributed by atoms with E-state index in [1.165, 1.54) is 19.3 Å². The van der Waals surface area contributed by atoms with Gasteiger partial charge in [0.2, 0.25) is 0 Å². The number of aliphatic hydroxyl groups is 1. The highest BCUT2D eigenvalue weighted by Gasteiger charge is 2.26. The van der Waals surface area contributed by atoms with Crippen LogP contribution in [0.5, 0.6) is 0 Å². The minimum atomic E-state index is 0.155. The van der Waals surface area contributed by atoms with E-state index < -0.39 is 0 Å². The van der Waals surface area contributed by atoms with Gasteiger partial charge in [0, 0.05) is 23.8 Å². The van der Waals surface area contributed by atoms with Gasteiger partial charge in [0.15, 0.2) is 0 Å². The van der Waals surface area contributed by atoms with E-state index in [9.17, 15) is 5.11 Å². The molecule has 0 amide bonds. The van der Waals surface area contributed by atoms with Gasteiger partial charge < -0.3 is 15.7 Å². The van der Waals surface area contributed by atoms with E-state index in [0.29, 0.717) is 17.6 Å². The SMILES string of the molecule is NC(=S)c1ccccc1N(CCO)C1CCC1. The van der Waals surface area contributed by atoms with Crippen molar-refractivity contribution < 1.29 is 5.11 Å². The zero-order chi connectivity index (χ0) is 12.3. The standard InChI is InChI=1S/C13H18N2OS/c14-13(17)11-6-1-2-7-12(11)15(8-9-16)10-4-3-5-10/h1-2,6-7,10,16H,3-5,8-9H2,(H2,14,17). The minimum absolute atomic E-state index is 0.155. The third kappa shape index (κ3) is 2.58. The topological polar surface area (TPSA) is 49.5 Å². The van der Waals surface area contributed by atoms with E-state index in [2.05, 4.69) is 4.90 Å². The maximum absolute atomic E-state index is 9.19. The molecule has 0 saturated heterocycles. The van der Waals surface area contributed by atoms with Gasteiger partial charge in [-0.25, -0.2) is 0 Å². The molecular formula is C13H18N2OS. The summed E-state index contributed by atoms with van der Waals surface area (Å²) in [6.07, 6.45) is 3.64. The number of anilines is 1. The summed E-state index contributed by atoms with van der Waals surface area (Å²) < 4.78 is 0. The molecule has 0 bridgehead atoms. The molecule has 0 aliphatic heterocycles. The highest BCUT2D eigenvalue weighted by Crippen LogP contribution is 2.31. The highest BCUT2D eigenvalue weighted by molar-refractivity contribution is 7.80. The van der Waals surface area contributed by atoms with Crippen LogP contribution in [0.1, 0.15) is 24.8 Å². The van der Waals surface area contributed by atoms with Crippen molar-refractivity contribution in [3.8, 4) is 0 Å². The molecule has 1 aliphatic rings. The highest BCUT2D eigenvalue weighted by atomic mass is 32.1. The molecule has 3 N–H and O–H groups in total. The van der Waals surface area contributed by atoms with Crippen LogP contribution in [0.25, 0.3) is 0 Å². The lowest BCUT2D eigenvalue weighted by molar-refractivity contribution is 0.283. The monoisotopic (exact) mass is 250 g/mol. The maximum Gasteiger partial charge on any atom is 0.106 e. The van der Waals surface area contributed by atoms with E-state index in [0.717, 1.165) is 11.3 Å². The van der Waals surface area contributed by atoms with Crippen molar-refractivity contribution in [3.05, 3.63) is 29.8 Å². The van der Waals surface area contributed by atoms with Crippen molar-refractivity contribution in [1.82, 2.24) is 0 Å². The number of hydrogen-bond donors (Lipinski definition) is 2. The van der Waals surface area contributed by atoms with Crippen LogP contribution in [-0.2, 0) is 0 Å². The number of nitrogens with two attached hydrogens (primary N) is 1. The Morgan fingerprint density at radius 3 is 2.65 bits per heavy atom. The molecule has 1 aromatic rings. The van der Waals surface area contributed by atoms with Crippen molar-refractivity contribution in [2.24, 2.45) is 5.73 Å². The van der Waals surface area contributed by atoms with Gasteiger partial charge in [-0.15, -0.1) is 0 Å². The van der Waals surface area contributed by atoms with Crippen LogP contribution in [0.4, 0.5) is 5.69 Å². The first-order valence-corrected chi connectivity index (χ1v) is 6.41. The van der Waals surface area contributed by atoms with Crippen molar-refractivity contribution in [1.29, 1.82) is 0 Å². The number of thiocarbonyl (C=S) groups is 1. The molecule has 3 nitrogen and oxygen atoms in total. The summed E-state index contributed by atoms with van der Waals surface area (Å²) in [7, 11) is 0. The Bertz CT molecular complexity index is 404. The van der Waals surface area contributed by atoms with Gasteiger partial charge in [-0.1, -0.05) is 24.4 Å². The van der Waals surface area contributed by atoms with Crippen LogP contribution in [0.15, 0.2) is 24.3 Å². The zero-order valence-electron chi connectivity index (χ0n) is 9.80. The smallest absolute Gasteiger partial charge is 0.106 e. The van der Waals surface area contributed by atoms with Gasteiger partial charge in [0.1, 0.15) is 4.99 Å². The number of nitrogens with zero attached hydrogens (tertiary/aromatic N) is 1. The molecule has 1 aliphatic carbocycles. The van der Waals surface area contributed by atoms with Gasteiger partial charge in [-0.2, -0.15) is 0 Å². The van der Waals surface area contributed by atoms with Gasteiger partial charge in [0.05, 0.1) is 6.61 Å². The Morgan fingerprint density at radius 2 is 2.12 bits per heavy atom. The average molecular weight is 250 g/mol. The van der Waals surface area contributed by atoms with Crippen molar-refractivity contribution in [2.75, 3.05) is 18.1 Å². The fourth-order valence-corrected chi connectivity index (χ4v) is 2.41. The quantitative estimate of drug-likeness (QED) is 0.781. The first kappa shape index (κ1) is 12.3. The average Bonchev–Trinajstić information content (AvgIpc) is 2.26. The Morgan fingerprint density at radius 1 is 1.41 bits per heavy atom. The molecule has 4 heteroatoms. The molecule has 0 radical (unpaired) electrons. The van der Waals surface area contributed by atoms with Gasteiger partial charge >= 0.3 is 0 Å². The molecular weight excluding hydrogens is 232 g/mol. The molecule has 1 fully saturated rings. The summed E-state index contributed by atoms with van der Waals surface area (Å²) in [6, 6.07) is 8.43. The summed E-state index contributed by atoms with van der Waals surface area (Å²) in [5.74, 6) is 0. The summed E-state index contributed by atoms with van der Waals surface area (Å²) >= 11 is 5.08. The second-order valence-electron chi connectivity index (χ2n) is 4.38. The molecule has 0 atom stereocenters. The second kappa shape index (κ2) is 5.47. The Hall–Kier alpha value is -1.13. The number of rotatable bonds is 5. The molecule has 1 saturated carbocycles. The molecule has 17 heavy (non-hydrogen) atoms. The third-order valence-corrected chi connectivity index (χ3v) is 3.56. The summed E-state index contributed by atoms with van der Waals surface area (Å²) in [5, 5.41) is 9.19. The fourth-order valence-electron chi connectivity index (χ4n) is 2.24. The largest absolute Gasteiger partial charge is 0.395 e. The molecule has 92 valence electrons. The fraction of sp³-hybridized carbons (Fsp3) is 0.462. The van der Waals surface area contributed by atoms with Gasteiger partial charge in [-0.05, 0) is 31.4 Å². The van der Waals surface area contributed by atoms with E-state index in [4.69, 9.17) is 18.0 Å². The van der Waals surface area contributed by atoms with Crippen LogP contribution in [0, 0.1) is 0 Å². The van der Waals surface area contributed by atoms with Gasteiger partial charge in [-0.3, -0.25) is 0 Å². The van der Waals surface area contributed by atoms with Crippen molar-refractivity contribution in [3.63, 3.8) is 0 Å². The lowest BCUT2D eigenvalue weighted by Crippen LogP contribution is -2.42. The third-order valence-electron chi connectivity index (χ3n) is 3.34. The number of benzene rings is 1. The van der Waals surface area contributed by atoms with Crippen molar-refractivity contribution in [2.45, 2.75) is 25.3 Å².